The van der Waals surface area contributed by atoms with Crippen molar-refractivity contribution in [3.8, 4) is 28.0 Å². The highest BCUT2D eigenvalue weighted by Gasteiger charge is 2.29. The molecule has 0 amide bonds. The number of unbranched alkanes of at least 4 members (excludes halogenated alkanes) is 2. The van der Waals surface area contributed by atoms with Gasteiger partial charge in [-0.25, -0.2) is 14.4 Å². The first-order valence-electron chi connectivity index (χ1n) is 11.0. The van der Waals surface area contributed by atoms with Crippen LogP contribution in [0.25, 0.3) is 22.3 Å². The molecular weight excluding hydrogens is 621 g/mol. The molecule has 0 fully saturated rings. The van der Waals surface area contributed by atoms with Gasteiger partial charge in [0.25, 0.3) is 0 Å². The number of carboxylic acids is 1. The van der Waals surface area contributed by atoms with E-state index in [4.69, 9.17) is 79.1 Å². The van der Waals surface area contributed by atoms with Crippen molar-refractivity contribution in [2.45, 2.75) is 26.2 Å². The van der Waals surface area contributed by atoms with Crippen molar-refractivity contribution < 1.29 is 29.0 Å². The van der Waals surface area contributed by atoms with E-state index in [9.17, 15) is 19.5 Å². The molecule has 0 heterocycles. The molecule has 200 valence electrons. The maximum Gasteiger partial charge on any atom is 0.422 e. The number of carbonyl (C=O) groups excluding carboxylic acids is 2. The van der Waals surface area contributed by atoms with Gasteiger partial charge >= 0.3 is 17.9 Å². The fourth-order valence-electron chi connectivity index (χ4n) is 3.52. The number of halogens is 6. The van der Waals surface area contributed by atoms with E-state index in [0.29, 0.717) is 12.0 Å². The van der Waals surface area contributed by atoms with Crippen LogP contribution in [0.2, 0.25) is 30.1 Å². The summed E-state index contributed by atoms with van der Waals surface area (Å²) in [5.41, 5.74) is 0.532. The Labute approximate surface area is 248 Å². The number of aliphatic carboxylic acids is 1. The number of hydrogen-bond acceptors (Lipinski definition) is 5. The molecule has 38 heavy (non-hydrogen) atoms. The summed E-state index contributed by atoms with van der Waals surface area (Å²) in [5.74, 6) is -4.83. The van der Waals surface area contributed by atoms with Gasteiger partial charge in [-0.2, -0.15) is 0 Å². The van der Waals surface area contributed by atoms with Crippen LogP contribution in [-0.2, 0) is 14.3 Å². The van der Waals surface area contributed by atoms with Gasteiger partial charge in [-0.15, -0.1) is 0 Å². The summed E-state index contributed by atoms with van der Waals surface area (Å²) >= 11 is 37.7. The van der Waals surface area contributed by atoms with E-state index in [1.807, 2.05) is 6.92 Å². The van der Waals surface area contributed by atoms with E-state index < -0.39 is 23.7 Å². The second-order valence-electron chi connectivity index (χ2n) is 7.89. The van der Waals surface area contributed by atoms with Gasteiger partial charge in [0.05, 0.1) is 36.7 Å². The van der Waals surface area contributed by atoms with Crippen molar-refractivity contribution in [1.29, 1.82) is 0 Å². The van der Waals surface area contributed by atoms with Crippen LogP contribution in [0.15, 0.2) is 36.4 Å². The normalized spacial score (nSPS) is 10.8. The van der Waals surface area contributed by atoms with Crippen molar-refractivity contribution >= 4 is 87.5 Å². The zero-order valence-corrected chi connectivity index (χ0v) is 24.1. The number of ether oxygens (including phenoxy) is 2. The maximum atomic E-state index is 13.1. The molecule has 6 nitrogen and oxygen atoms in total. The molecule has 0 aliphatic carbocycles. The van der Waals surface area contributed by atoms with E-state index in [-0.39, 0.29) is 59.0 Å². The lowest BCUT2D eigenvalue weighted by Gasteiger charge is -2.20. The van der Waals surface area contributed by atoms with Crippen LogP contribution in [0.4, 0.5) is 0 Å². The molecule has 0 bridgehead atoms. The number of rotatable bonds is 8. The predicted molar refractivity (Wildman–Crippen MR) is 150 cm³/mol. The van der Waals surface area contributed by atoms with Gasteiger partial charge in [0.15, 0.2) is 5.75 Å². The molecule has 0 aromatic heterocycles. The summed E-state index contributed by atoms with van der Waals surface area (Å²) < 4.78 is 10.6. The standard InChI is InChI=1S/C26H18Cl6O6/c1-2-3-4-7-37-25(35)13-6-5-12(14-8-18(29)20(31)10-16(14)27)22(23(13)38-26(36)24(33)34)15-9-19(30)21(32)11-17(15)28/h5-6,8-11H,2-4,7H2,1H3,(H,33,34). The first-order valence-corrected chi connectivity index (χ1v) is 13.3. The third-order valence-corrected chi connectivity index (χ3v) is 7.38. The van der Waals surface area contributed by atoms with Crippen LogP contribution in [0.1, 0.15) is 36.5 Å². The summed E-state index contributed by atoms with van der Waals surface area (Å²) in [6.45, 7) is 2.09. The number of carbonyl (C=O) groups is 3. The Bertz CT molecular complexity index is 1420. The van der Waals surface area contributed by atoms with Crippen molar-refractivity contribution in [3.05, 3.63) is 72.1 Å². The van der Waals surface area contributed by atoms with Gasteiger partial charge in [-0.05, 0) is 42.3 Å². The lowest BCUT2D eigenvalue weighted by Crippen LogP contribution is -2.21. The van der Waals surface area contributed by atoms with Gasteiger partial charge in [-0.3, -0.25) is 0 Å². The van der Waals surface area contributed by atoms with E-state index in [0.717, 1.165) is 12.8 Å². The molecule has 0 radical (unpaired) electrons. The molecule has 0 aliphatic heterocycles. The highest BCUT2D eigenvalue weighted by atomic mass is 35.5. The molecule has 0 unspecified atom stereocenters. The molecule has 12 heteroatoms. The number of esters is 2. The molecule has 1 N–H and O–H groups in total. The van der Waals surface area contributed by atoms with Crippen molar-refractivity contribution in [1.82, 2.24) is 0 Å². The summed E-state index contributed by atoms with van der Waals surface area (Å²) in [6.07, 6.45) is 2.33. The summed E-state index contributed by atoms with van der Waals surface area (Å²) in [4.78, 5) is 36.8. The summed E-state index contributed by atoms with van der Waals surface area (Å²) in [6, 6.07) is 8.41. The molecular formula is C26H18Cl6O6. The predicted octanol–water partition coefficient (Wildman–Crippen LogP) is 9.28. The number of carboxylic acid groups (broad SMARTS) is 1. The van der Waals surface area contributed by atoms with Gasteiger partial charge in [0.1, 0.15) is 5.56 Å². The van der Waals surface area contributed by atoms with Crippen LogP contribution in [0, 0.1) is 0 Å². The lowest BCUT2D eigenvalue weighted by atomic mass is 9.91. The molecule has 0 saturated carbocycles. The second-order valence-corrected chi connectivity index (χ2v) is 10.3. The molecule has 3 aromatic carbocycles. The van der Waals surface area contributed by atoms with Gasteiger partial charge in [-0.1, -0.05) is 95.4 Å². The Kier molecular flexibility index (Phi) is 10.6. The molecule has 3 aromatic rings. The van der Waals surface area contributed by atoms with E-state index in [1.165, 1.54) is 36.4 Å². The zero-order valence-electron chi connectivity index (χ0n) is 19.5. The van der Waals surface area contributed by atoms with Crippen LogP contribution in [-0.4, -0.2) is 29.6 Å². The van der Waals surface area contributed by atoms with Crippen LogP contribution >= 0.6 is 69.6 Å². The molecule has 0 atom stereocenters. The average Bonchev–Trinajstić information content (AvgIpc) is 2.86. The lowest BCUT2D eigenvalue weighted by molar-refractivity contribution is -0.158. The van der Waals surface area contributed by atoms with E-state index in [2.05, 4.69) is 0 Å². The van der Waals surface area contributed by atoms with Crippen LogP contribution < -0.4 is 4.74 Å². The fourth-order valence-corrected chi connectivity index (χ4v) is 4.81. The highest BCUT2D eigenvalue weighted by molar-refractivity contribution is 6.45. The zero-order chi connectivity index (χ0) is 28.1. The minimum absolute atomic E-state index is 0.0199. The van der Waals surface area contributed by atoms with Crippen molar-refractivity contribution in [3.63, 3.8) is 0 Å². The molecule has 0 aliphatic rings. The summed E-state index contributed by atoms with van der Waals surface area (Å²) in [7, 11) is 0. The largest absolute Gasteiger partial charge is 0.473 e. The minimum atomic E-state index is -1.89. The Balaban J connectivity index is 2.39. The molecule has 0 spiro atoms. The SMILES string of the molecule is CCCCCOC(=O)c1ccc(-c2cc(Cl)c(Cl)cc2Cl)c(-c2cc(Cl)c(Cl)cc2Cl)c1OC(=O)C(=O)O. The smallest absolute Gasteiger partial charge is 0.422 e. The third-order valence-electron chi connectivity index (χ3n) is 5.31. The van der Waals surface area contributed by atoms with Crippen LogP contribution in [0.5, 0.6) is 5.75 Å². The Morgan fingerprint density at radius 2 is 1.29 bits per heavy atom. The molecule has 0 saturated heterocycles. The van der Waals surface area contributed by atoms with Crippen molar-refractivity contribution in [2.24, 2.45) is 0 Å². The van der Waals surface area contributed by atoms with E-state index in [1.54, 1.807) is 0 Å². The van der Waals surface area contributed by atoms with E-state index >= 15 is 0 Å². The Morgan fingerprint density at radius 3 is 1.87 bits per heavy atom. The highest BCUT2D eigenvalue weighted by Crippen LogP contribution is 2.48. The molecule has 3 rings (SSSR count). The Morgan fingerprint density at radius 1 is 0.737 bits per heavy atom. The van der Waals surface area contributed by atoms with Gasteiger partial charge in [0, 0.05) is 16.7 Å². The van der Waals surface area contributed by atoms with Crippen molar-refractivity contribution in [2.75, 3.05) is 6.61 Å². The second kappa shape index (κ2) is 13.2. The topological polar surface area (TPSA) is 89.9 Å². The summed E-state index contributed by atoms with van der Waals surface area (Å²) in [5, 5.41) is 10.0. The van der Waals surface area contributed by atoms with Gasteiger partial charge in [0.2, 0.25) is 0 Å². The fraction of sp³-hybridized carbons (Fsp3) is 0.192. The minimum Gasteiger partial charge on any atom is -0.473 e. The number of benzene rings is 3. The first-order chi connectivity index (χ1) is 18.0. The average molecular weight is 639 g/mol. The maximum absolute atomic E-state index is 13.1. The quantitative estimate of drug-likeness (QED) is 0.0869. The third kappa shape index (κ3) is 6.87. The monoisotopic (exact) mass is 636 g/mol. The first kappa shape index (κ1) is 30.4. The van der Waals surface area contributed by atoms with Gasteiger partial charge < -0.3 is 14.6 Å². The van der Waals surface area contributed by atoms with Crippen LogP contribution in [0.3, 0.4) is 0 Å². The number of hydrogen-bond donors (Lipinski definition) is 1. The Hall–Kier alpha value is -2.19.